The highest BCUT2D eigenvalue weighted by Gasteiger charge is 2.22. The molecule has 3 heterocycles. The maximum absolute atomic E-state index is 11.2. The van der Waals surface area contributed by atoms with Crippen LogP contribution in [0.3, 0.4) is 0 Å². The van der Waals surface area contributed by atoms with Gasteiger partial charge in [-0.15, -0.1) is 0 Å². The van der Waals surface area contributed by atoms with E-state index in [9.17, 15) is 9.90 Å². The van der Waals surface area contributed by atoms with Crippen molar-refractivity contribution < 1.29 is 14.3 Å². The van der Waals surface area contributed by atoms with Crippen molar-refractivity contribution >= 4 is 23.1 Å². The summed E-state index contributed by atoms with van der Waals surface area (Å²) in [6, 6.07) is 5.35. The van der Waals surface area contributed by atoms with Crippen LogP contribution in [-0.2, 0) is 13.1 Å². The van der Waals surface area contributed by atoms with Gasteiger partial charge in [-0.2, -0.15) is 4.98 Å². The van der Waals surface area contributed by atoms with Crippen molar-refractivity contribution in [3.63, 3.8) is 0 Å². The molecule has 0 atom stereocenters. The molecule has 2 aromatic heterocycles. The average molecular weight is 284 g/mol. The summed E-state index contributed by atoms with van der Waals surface area (Å²) in [7, 11) is 0. The van der Waals surface area contributed by atoms with Crippen molar-refractivity contribution in [2.45, 2.75) is 13.1 Å². The number of aromatic carboxylic acids is 1. The Bertz CT molecular complexity index is 836. The zero-order valence-electron chi connectivity index (χ0n) is 11.1. The Morgan fingerprint density at radius 3 is 3.10 bits per heavy atom. The lowest BCUT2D eigenvalue weighted by Gasteiger charge is -2.25. The summed E-state index contributed by atoms with van der Waals surface area (Å²) in [5.41, 5.74) is 1.02. The van der Waals surface area contributed by atoms with Gasteiger partial charge in [0, 0.05) is 25.5 Å². The van der Waals surface area contributed by atoms with Gasteiger partial charge in [-0.25, -0.2) is 9.78 Å². The lowest BCUT2D eigenvalue weighted by molar-refractivity contribution is 0.0699. The molecule has 1 aliphatic heterocycles. The van der Waals surface area contributed by atoms with Crippen molar-refractivity contribution in [2.75, 3.05) is 11.4 Å². The van der Waals surface area contributed by atoms with Crippen molar-refractivity contribution in [3.8, 4) is 0 Å². The van der Waals surface area contributed by atoms with Gasteiger partial charge in [-0.1, -0.05) is 6.07 Å². The monoisotopic (exact) mass is 284 g/mol. The van der Waals surface area contributed by atoms with Crippen molar-refractivity contribution in [2.24, 2.45) is 0 Å². The summed E-state index contributed by atoms with van der Waals surface area (Å²) in [6.07, 6.45) is 3.72. The van der Waals surface area contributed by atoms with Crippen LogP contribution in [0.25, 0.3) is 11.1 Å². The van der Waals surface area contributed by atoms with Crippen LogP contribution in [0.5, 0.6) is 0 Å². The van der Waals surface area contributed by atoms with Crippen LogP contribution in [0.15, 0.2) is 35.0 Å². The second kappa shape index (κ2) is 4.34. The van der Waals surface area contributed by atoms with Crippen LogP contribution >= 0.6 is 0 Å². The molecule has 7 heteroatoms. The van der Waals surface area contributed by atoms with E-state index in [2.05, 4.69) is 14.5 Å². The summed E-state index contributed by atoms with van der Waals surface area (Å²) in [4.78, 5) is 21.8. The van der Waals surface area contributed by atoms with Crippen LogP contribution in [0, 0.1) is 0 Å². The van der Waals surface area contributed by atoms with E-state index in [0.717, 1.165) is 18.9 Å². The first kappa shape index (κ1) is 12.0. The fourth-order valence-corrected chi connectivity index (χ4v) is 2.58. The van der Waals surface area contributed by atoms with Gasteiger partial charge in [-0.3, -0.25) is 0 Å². The Morgan fingerprint density at radius 1 is 1.33 bits per heavy atom. The Morgan fingerprint density at radius 2 is 2.24 bits per heavy atom. The molecule has 1 N–H and O–H groups in total. The van der Waals surface area contributed by atoms with E-state index in [0.29, 0.717) is 23.7 Å². The van der Waals surface area contributed by atoms with Crippen molar-refractivity contribution in [1.82, 2.24) is 14.5 Å². The number of para-hydroxylation sites is 1. The molecule has 1 aromatic carbocycles. The normalized spacial score (nSPS) is 14.4. The van der Waals surface area contributed by atoms with Crippen molar-refractivity contribution in [1.29, 1.82) is 0 Å². The number of imidazole rings is 1. The van der Waals surface area contributed by atoms with Gasteiger partial charge in [-0.05, 0) is 12.1 Å². The van der Waals surface area contributed by atoms with E-state index in [1.54, 1.807) is 18.3 Å². The number of hydrogen-bond donors (Lipinski definition) is 1. The van der Waals surface area contributed by atoms with Gasteiger partial charge in [0.15, 0.2) is 5.58 Å². The van der Waals surface area contributed by atoms with Gasteiger partial charge in [0.2, 0.25) is 0 Å². The molecular weight excluding hydrogens is 272 g/mol. The number of hydrogen-bond acceptors (Lipinski definition) is 5. The number of rotatable bonds is 2. The summed E-state index contributed by atoms with van der Waals surface area (Å²) in [5, 5.41) is 9.20. The topological polar surface area (TPSA) is 84.4 Å². The Kier molecular flexibility index (Phi) is 2.47. The fraction of sp³-hybridized carbons (Fsp3) is 0.214. The van der Waals surface area contributed by atoms with Gasteiger partial charge < -0.3 is 19.0 Å². The summed E-state index contributed by atoms with van der Waals surface area (Å²) >= 11 is 0. The SMILES string of the molecule is O=C(O)c1cccc2oc(N3CCn4ccnc4C3)nc12. The highest BCUT2D eigenvalue weighted by molar-refractivity contribution is 6.00. The number of anilines is 1. The molecule has 0 unspecified atom stereocenters. The van der Waals surface area contributed by atoms with Gasteiger partial charge in [0.25, 0.3) is 6.01 Å². The Balaban J connectivity index is 1.75. The maximum Gasteiger partial charge on any atom is 0.338 e. The molecule has 4 rings (SSSR count). The zero-order valence-corrected chi connectivity index (χ0v) is 11.1. The smallest absolute Gasteiger partial charge is 0.338 e. The molecule has 7 nitrogen and oxygen atoms in total. The molecule has 0 fully saturated rings. The molecule has 0 bridgehead atoms. The first-order valence-corrected chi connectivity index (χ1v) is 6.60. The van der Waals surface area contributed by atoms with Gasteiger partial charge in [0.1, 0.15) is 11.3 Å². The third-order valence-electron chi connectivity index (χ3n) is 3.65. The lowest BCUT2D eigenvalue weighted by Crippen LogP contribution is -2.33. The predicted molar refractivity (Wildman–Crippen MR) is 74.2 cm³/mol. The van der Waals surface area contributed by atoms with Crippen LogP contribution in [0.2, 0.25) is 0 Å². The number of nitrogens with zero attached hydrogens (tertiary/aromatic N) is 4. The van der Waals surface area contributed by atoms with E-state index < -0.39 is 5.97 Å². The van der Waals surface area contributed by atoms with Crippen LogP contribution < -0.4 is 4.90 Å². The van der Waals surface area contributed by atoms with E-state index in [4.69, 9.17) is 4.42 Å². The first-order valence-electron chi connectivity index (χ1n) is 6.60. The summed E-state index contributed by atoms with van der Waals surface area (Å²) < 4.78 is 7.79. The second-order valence-corrected chi connectivity index (χ2v) is 4.91. The molecule has 0 saturated heterocycles. The minimum atomic E-state index is -1.00. The Labute approximate surface area is 119 Å². The number of benzene rings is 1. The second-order valence-electron chi connectivity index (χ2n) is 4.91. The van der Waals surface area contributed by atoms with E-state index in [1.807, 2.05) is 11.1 Å². The molecule has 0 saturated carbocycles. The number of carboxylic acids is 1. The molecular formula is C14H12N4O3. The Hall–Kier alpha value is -2.83. The lowest BCUT2D eigenvalue weighted by atomic mass is 10.2. The van der Waals surface area contributed by atoms with Crippen molar-refractivity contribution in [3.05, 3.63) is 42.0 Å². The first-order chi connectivity index (χ1) is 10.2. The third-order valence-corrected chi connectivity index (χ3v) is 3.65. The largest absolute Gasteiger partial charge is 0.478 e. The maximum atomic E-state index is 11.2. The number of carbonyl (C=O) groups is 1. The summed E-state index contributed by atoms with van der Waals surface area (Å²) in [6.45, 7) is 2.15. The molecule has 0 spiro atoms. The molecule has 106 valence electrons. The highest BCUT2D eigenvalue weighted by atomic mass is 16.4. The molecule has 21 heavy (non-hydrogen) atoms. The zero-order chi connectivity index (χ0) is 14.4. The predicted octanol–water partition coefficient (Wildman–Crippen LogP) is 1.74. The fourth-order valence-electron chi connectivity index (χ4n) is 2.58. The number of aromatic nitrogens is 3. The van der Waals surface area contributed by atoms with E-state index in [1.165, 1.54) is 6.07 Å². The molecule has 0 aliphatic carbocycles. The average Bonchev–Trinajstić information content (AvgIpc) is 3.11. The number of carboxylic acid groups (broad SMARTS) is 1. The number of fused-ring (bicyclic) bond motifs is 2. The van der Waals surface area contributed by atoms with E-state index >= 15 is 0 Å². The standard InChI is InChI=1S/C14H12N4O3/c19-13(20)9-2-1-3-10-12(9)16-14(21-10)18-7-6-17-5-4-15-11(17)8-18/h1-5H,6-8H2,(H,19,20). The molecule has 1 aliphatic rings. The quantitative estimate of drug-likeness (QED) is 0.771. The van der Waals surface area contributed by atoms with Gasteiger partial charge in [0.05, 0.1) is 12.1 Å². The molecule has 3 aromatic rings. The minimum Gasteiger partial charge on any atom is -0.478 e. The third kappa shape index (κ3) is 1.85. The molecule has 0 radical (unpaired) electrons. The highest BCUT2D eigenvalue weighted by Crippen LogP contribution is 2.26. The summed E-state index contributed by atoms with van der Waals surface area (Å²) in [5.74, 6) is -0.0587. The van der Waals surface area contributed by atoms with Crippen LogP contribution in [0.1, 0.15) is 16.2 Å². The van der Waals surface area contributed by atoms with Gasteiger partial charge >= 0.3 is 5.97 Å². The van der Waals surface area contributed by atoms with Crippen LogP contribution in [0.4, 0.5) is 6.01 Å². The molecule has 0 amide bonds. The van der Waals surface area contributed by atoms with Crippen LogP contribution in [-0.4, -0.2) is 32.2 Å². The minimum absolute atomic E-state index is 0.154. The van der Waals surface area contributed by atoms with E-state index in [-0.39, 0.29) is 5.56 Å². The number of oxazole rings is 1.